The summed E-state index contributed by atoms with van der Waals surface area (Å²) in [6.07, 6.45) is 1.80. The second-order valence-corrected chi connectivity index (χ2v) is 6.54. The third-order valence-corrected chi connectivity index (χ3v) is 4.50. The molecule has 0 unspecified atom stereocenters. The van der Waals surface area contributed by atoms with Crippen molar-refractivity contribution in [3.63, 3.8) is 0 Å². The third-order valence-electron chi connectivity index (χ3n) is 4.50. The monoisotopic (exact) mass is 403 g/mol. The lowest BCUT2D eigenvalue weighted by Crippen LogP contribution is -2.43. The lowest BCUT2D eigenvalue weighted by molar-refractivity contribution is -0.122. The van der Waals surface area contributed by atoms with Gasteiger partial charge in [0.1, 0.15) is 6.54 Å². The molecule has 0 spiro atoms. The molecule has 0 bridgehead atoms. The Kier molecular flexibility index (Phi) is 5.00. The van der Waals surface area contributed by atoms with Crippen LogP contribution in [-0.2, 0) is 11.3 Å². The van der Waals surface area contributed by atoms with Crippen molar-refractivity contribution in [1.29, 1.82) is 0 Å². The fourth-order valence-corrected chi connectivity index (χ4v) is 3.07. The fourth-order valence-electron chi connectivity index (χ4n) is 3.07. The molecule has 2 aromatic heterocycles. The maximum atomic E-state index is 12.4. The normalized spacial score (nSPS) is 10.7. The SMILES string of the molecule is O=C(Cn1ccc2ccccc21)NNC(=O)c1cccc(-n2[nH]c(=O)ccc2=O)c1. The van der Waals surface area contributed by atoms with E-state index >= 15 is 0 Å². The van der Waals surface area contributed by atoms with Crippen LogP contribution in [0.2, 0.25) is 0 Å². The van der Waals surface area contributed by atoms with Gasteiger partial charge < -0.3 is 4.57 Å². The Morgan fingerprint density at radius 1 is 0.900 bits per heavy atom. The maximum Gasteiger partial charge on any atom is 0.269 e. The highest BCUT2D eigenvalue weighted by atomic mass is 16.2. The highest BCUT2D eigenvalue weighted by Crippen LogP contribution is 2.14. The average molecular weight is 403 g/mol. The van der Waals surface area contributed by atoms with Crippen LogP contribution in [0.4, 0.5) is 0 Å². The van der Waals surface area contributed by atoms with Crippen LogP contribution in [0.5, 0.6) is 0 Å². The van der Waals surface area contributed by atoms with E-state index in [2.05, 4.69) is 16.0 Å². The number of nitrogens with one attached hydrogen (secondary N) is 3. The first-order valence-corrected chi connectivity index (χ1v) is 9.07. The zero-order valence-electron chi connectivity index (χ0n) is 15.7. The summed E-state index contributed by atoms with van der Waals surface area (Å²) >= 11 is 0. The van der Waals surface area contributed by atoms with Gasteiger partial charge in [0, 0.05) is 29.4 Å². The molecular formula is C21H17N5O4. The standard InChI is InChI=1S/C21H17N5O4/c27-18-8-9-20(29)26(24-18)16-6-3-5-15(12-16)21(30)23-22-19(28)13-25-11-10-14-4-1-2-7-17(14)25/h1-12H,13H2,(H,22,28)(H,23,30)(H,24,27). The van der Waals surface area contributed by atoms with Crippen molar-refractivity contribution < 1.29 is 9.59 Å². The van der Waals surface area contributed by atoms with Crippen LogP contribution < -0.4 is 22.0 Å². The largest absolute Gasteiger partial charge is 0.338 e. The number of hydrogen-bond donors (Lipinski definition) is 3. The van der Waals surface area contributed by atoms with Gasteiger partial charge in [-0.3, -0.25) is 35.1 Å². The van der Waals surface area contributed by atoms with Gasteiger partial charge in [0.15, 0.2) is 0 Å². The molecule has 2 heterocycles. The number of carbonyl (C=O) groups excluding carboxylic acids is 2. The van der Waals surface area contributed by atoms with E-state index in [0.29, 0.717) is 5.69 Å². The van der Waals surface area contributed by atoms with Gasteiger partial charge in [-0.15, -0.1) is 0 Å². The number of hydrazine groups is 1. The molecule has 0 aliphatic carbocycles. The molecule has 3 N–H and O–H groups in total. The number of hydrogen-bond acceptors (Lipinski definition) is 4. The van der Waals surface area contributed by atoms with Gasteiger partial charge in [0.2, 0.25) is 0 Å². The van der Waals surface area contributed by atoms with E-state index in [9.17, 15) is 19.2 Å². The van der Waals surface area contributed by atoms with Gasteiger partial charge in [-0.05, 0) is 35.7 Å². The highest BCUT2D eigenvalue weighted by Gasteiger charge is 2.11. The second-order valence-electron chi connectivity index (χ2n) is 6.54. The number of H-pyrrole nitrogens is 1. The summed E-state index contributed by atoms with van der Waals surface area (Å²) in [7, 11) is 0. The van der Waals surface area contributed by atoms with Crippen LogP contribution in [0.1, 0.15) is 10.4 Å². The Bertz CT molecular complexity index is 1370. The number of amides is 2. The Morgan fingerprint density at radius 3 is 2.60 bits per heavy atom. The van der Waals surface area contributed by atoms with E-state index in [1.165, 1.54) is 12.1 Å². The predicted molar refractivity (Wildman–Crippen MR) is 110 cm³/mol. The summed E-state index contributed by atoms with van der Waals surface area (Å²) in [6.45, 7) is 0.0362. The summed E-state index contributed by atoms with van der Waals surface area (Å²) in [5.41, 5.74) is 5.27. The summed E-state index contributed by atoms with van der Waals surface area (Å²) < 4.78 is 2.81. The zero-order chi connectivity index (χ0) is 21.1. The van der Waals surface area contributed by atoms with Crippen LogP contribution >= 0.6 is 0 Å². The van der Waals surface area contributed by atoms with Crippen molar-refractivity contribution in [2.75, 3.05) is 0 Å². The van der Waals surface area contributed by atoms with Crippen molar-refractivity contribution in [1.82, 2.24) is 25.2 Å². The molecular weight excluding hydrogens is 386 g/mol. The minimum Gasteiger partial charge on any atom is -0.338 e. The topological polar surface area (TPSA) is 118 Å². The summed E-state index contributed by atoms with van der Waals surface area (Å²) in [5.74, 6) is -0.960. The average Bonchev–Trinajstić information content (AvgIpc) is 3.16. The van der Waals surface area contributed by atoms with Crippen molar-refractivity contribution in [3.8, 4) is 5.69 Å². The second kappa shape index (κ2) is 7.92. The molecule has 0 aliphatic heterocycles. The van der Waals surface area contributed by atoms with E-state index < -0.39 is 22.9 Å². The number of aromatic amines is 1. The Hall–Kier alpha value is -4.40. The number of carbonyl (C=O) groups is 2. The van der Waals surface area contributed by atoms with Crippen LogP contribution in [0.25, 0.3) is 16.6 Å². The first-order chi connectivity index (χ1) is 14.5. The van der Waals surface area contributed by atoms with E-state index in [0.717, 1.165) is 27.7 Å². The molecule has 0 radical (unpaired) electrons. The van der Waals surface area contributed by atoms with Gasteiger partial charge in [-0.2, -0.15) is 0 Å². The molecule has 4 aromatic rings. The lowest BCUT2D eigenvalue weighted by Gasteiger charge is -2.10. The Morgan fingerprint density at radius 2 is 1.73 bits per heavy atom. The van der Waals surface area contributed by atoms with E-state index in [-0.39, 0.29) is 12.1 Å². The van der Waals surface area contributed by atoms with Crippen LogP contribution in [0.3, 0.4) is 0 Å². The molecule has 150 valence electrons. The number of benzene rings is 2. The molecule has 0 aliphatic rings. The molecule has 0 saturated carbocycles. The van der Waals surface area contributed by atoms with Crippen molar-refractivity contribution in [2.24, 2.45) is 0 Å². The molecule has 0 saturated heterocycles. The van der Waals surface area contributed by atoms with Crippen molar-refractivity contribution in [3.05, 3.63) is 99.2 Å². The highest BCUT2D eigenvalue weighted by molar-refractivity contribution is 5.96. The Labute approximate surface area is 169 Å². The Balaban J connectivity index is 1.44. The minimum atomic E-state index is -0.561. The van der Waals surface area contributed by atoms with Gasteiger partial charge >= 0.3 is 0 Å². The van der Waals surface area contributed by atoms with E-state index in [4.69, 9.17) is 0 Å². The van der Waals surface area contributed by atoms with Crippen LogP contribution in [0, 0.1) is 0 Å². The number of rotatable bonds is 4. The van der Waals surface area contributed by atoms with Crippen molar-refractivity contribution in [2.45, 2.75) is 6.54 Å². The predicted octanol–water partition coefficient (Wildman–Crippen LogP) is 0.942. The van der Waals surface area contributed by atoms with Gasteiger partial charge in [0.25, 0.3) is 22.9 Å². The third kappa shape index (κ3) is 3.90. The van der Waals surface area contributed by atoms with Gasteiger partial charge in [-0.25, -0.2) is 4.68 Å². The molecule has 0 fully saturated rings. The minimum absolute atomic E-state index is 0.0362. The molecule has 4 rings (SSSR count). The molecule has 30 heavy (non-hydrogen) atoms. The number of para-hydroxylation sites is 1. The summed E-state index contributed by atoms with van der Waals surface area (Å²) in [5, 5.41) is 3.41. The van der Waals surface area contributed by atoms with E-state index in [1.54, 1.807) is 22.9 Å². The smallest absolute Gasteiger partial charge is 0.269 e. The number of aromatic nitrogens is 3. The molecule has 9 nitrogen and oxygen atoms in total. The van der Waals surface area contributed by atoms with E-state index in [1.807, 2.05) is 30.3 Å². The molecule has 0 atom stereocenters. The maximum absolute atomic E-state index is 12.4. The molecule has 2 aromatic carbocycles. The quantitative estimate of drug-likeness (QED) is 0.440. The van der Waals surface area contributed by atoms with Crippen molar-refractivity contribution >= 4 is 22.7 Å². The first-order valence-electron chi connectivity index (χ1n) is 9.07. The number of nitrogens with zero attached hydrogens (tertiary/aromatic N) is 2. The van der Waals surface area contributed by atoms with Crippen LogP contribution in [0.15, 0.2) is 82.5 Å². The zero-order valence-corrected chi connectivity index (χ0v) is 15.7. The lowest BCUT2D eigenvalue weighted by atomic mass is 10.2. The fraction of sp³-hybridized carbons (Fsp3) is 0.0476. The summed E-state index contributed by atoms with van der Waals surface area (Å²) in [6, 6.07) is 17.9. The van der Waals surface area contributed by atoms with Crippen LogP contribution in [-0.4, -0.2) is 26.2 Å². The molecule has 9 heteroatoms. The van der Waals surface area contributed by atoms with Gasteiger partial charge in [0.05, 0.1) is 5.69 Å². The van der Waals surface area contributed by atoms with Gasteiger partial charge in [-0.1, -0.05) is 24.3 Å². The summed E-state index contributed by atoms with van der Waals surface area (Å²) in [4.78, 5) is 48.1. The number of fused-ring (bicyclic) bond motifs is 1. The molecule has 2 amide bonds. The first kappa shape index (κ1) is 18.9.